The Balaban J connectivity index is 2.01. The summed E-state index contributed by atoms with van der Waals surface area (Å²) in [7, 11) is 3.10. The number of carbonyl (C=O) groups is 1. The summed E-state index contributed by atoms with van der Waals surface area (Å²) in [5, 5.41) is 9.43. The first-order valence-electron chi connectivity index (χ1n) is 7.49. The van der Waals surface area contributed by atoms with Crippen LogP contribution in [0.5, 0.6) is 11.5 Å². The Labute approximate surface area is 142 Å². The number of carboxylic acids is 1. The molecule has 7 heteroatoms. The summed E-state index contributed by atoms with van der Waals surface area (Å²) in [5.74, 6) is 0.561. The summed E-state index contributed by atoms with van der Waals surface area (Å²) < 4.78 is 10.5. The number of methoxy groups -OCH3 is 2. The molecule has 0 aliphatic rings. The molecule has 3 rings (SSSR count). The quantitative estimate of drug-likeness (QED) is 0.738. The van der Waals surface area contributed by atoms with Crippen LogP contribution < -0.4 is 15.0 Å². The molecule has 2 aromatic carbocycles. The fraction of sp³-hybridized carbons (Fsp3) is 0.167. The van der Waals surface area contributed by atoms with Gasteiger partial charge >= 0.3 is 5.97 Å². The number of H-pyrrole nitrogens is 1. The number of rotatable bonds is 5. The Morgan fingerprint density at radius 1 is 1.12 bits per heavy atom. The van der Waals surface area contributed by atoms with Crippen molar-refractivity contribution in [1.82, 2.24) is 9.97 Å². The topological polar surface area (TPSA) is 102 Å². The van der Waals surface area contributed by atoms with Crippen LogP contribution in [0.25, 0.3) is 10.9 Å². The van der Waals surface area contributed by atoms with Gasteiger partial charge in [0.1, 0.15) is 5.82 Å². The minimum absolute atomic E-state index is 0.0858. The zero-order chi connectivity index (χ0) is 18.0. The molecule has 3 aromatic rings. The van der Waals surface area contributed by atoms with Crippen molar-refractivity contribution in [1.29, 1.82) is 0 Å². The van der Waals surface area contributed by atoms with Crippen molar-refractivity contribution >= 4 is 16.9 Å². The highest BCUT2D eigenvalue weighted by Gasteiger charge is 2.10. The largest absolute Gasteiger partial charge is 0.493 e. The highest BCUT2D eigenvalue weighted by atomic mass is 16.5. The molecule has 0 bridgehead atoms. The molecule has 0 aliphatic carbocycles. The number of nitrogens with zero attached hydrogens (tertiary/aromatic N) is 1. The van der Waals surface area contributed by atoms with Crippen LogP contribution in [0.4, 0.5) is 0 Å². The second-order valence-electron chi connectivity index (χ2n) is 5.42. The van der Waals surface area contributed by atoms with Crippen molar-refractivity contribution in [3.63, 3.8) is 0 Å². The second kappa shape index (κ2) is 6.64. The van der Waals surface area contributed by atoms with E-state index in [0.29, 0.717) is 34.6 Å². The van der Waals surface area contributed by atoms with Gasteiger partial charge in [-0.2, -0.15) is 0 Å². The van der Waals surface area contributed by atoms with Gasteiger partial charge in [-0.1, -0.05) is 6.07 Å². The molecule has 0 unspecified atom stereocenters. The zero-order valence-electron chi connectivity index (χ0n) is 13.7. The summed E-state index contributed by atoms with van der Waals surface area (Å²) in [4.78, 5) is 30.4. The van der Waals surface area contributed by atoms with Gasteiger partial charge < -0.3 is 19.6 Å². The number of aromatic nitrogens is 2. The average molecular weight is 340 g/mol. The Hall–Kier alpha value is -3.35. The molecule has 0 atom stereocenters. The van der Waals surface area contributed by atoms with Crippen LogP contribution in [0, 0.1) is 0 Å². The molecule has 0 fully saturated rings. The van der Waals surface area contributed by atoms with Gasteiger partial charge in [0, 0.05) is 6.42 Å². The van der Waals surface area contributed by atoms with Gasteiger partial charge in [-0.15, -0.1) is 0 Å². The summed E-state index contributed by atoms with van der Waals surface area (Å²) in [6, 6.07) is 9.66. The Morgan fingerprint density at radius 3 is 2.56 bits per heavy atom. The highest BCUT2D eigenvalue weighted by Crippen LogP contribution is 2.28. The SMILES string of the molecule is COc1ccc(Cc2nc3cc(C(=O)O)ccc3c(=O)[nH]2)cc1OC. The normalized spacial score (nSPS) is 10.6. The van der Waals surface area contributed by atoms with Gasteiger partial charge in [-0.25, -0.2) is 9.78 Å². The van der Waals surface area contributed by atoms with E-state index in [1.807, 2.05) is 6.07 Å². The number of nitrogens with one attached hydrogen (secondary N) is 1. The summed E-state index contributed by atoms with van der Waals surface area (Å²) >= 11 is 0. The van der Waals surface area contributed by atoms with Crippen LogP contribution >= 0.6 is 0 Å². The lowest BCUT2D eigenvalue weighted by Gasteiger charge is -2.09. The summed E-state index contributed by atoms with van der Waals surface area (Å²) in [5.41, 5.74) is 0.994. The third kappa shape index (κ3) is 3.30. The van der Waals surface area contributed by atoms with E-state index < -0.39 is 5.97 Å². The van der Waals surface area contributed by atoms with Crippen molar-refractivity contribution in [2.24, 2.45) is 0 Å². The molecular formula is C18H16N2O5. The van der Waals surface area contributed by atoms with Gasteiger partial charge in [0.25, 0.3) is 5.56 Å². The third-order valence-electron chi connectivity index (χ3n) is 3.82. The molecule has 0 spiro atoms. The van der Waals surface area contributed by atoms with E-state index in [1.54, 1.807) is 26.4 Å². The summed E-state index contributed by atoms with van der Waals surface area (Å²) in [6.07, 6.45) is 0.364. The Bertz CT molecular complexity index is 1010. The molecule has 0 amide bonds. The standard InChI is InChI=1S/C18H16N2O5/c1-24-14-6-3-10(7-15(14)25-2)8-16-19-13-9-11(18(22)23)4-5-12(13)17(21)20-16/h3-7,9H,8H2,1-2H3,(H,22,23)(H,19,20,21). The van der Waals surface area contributed by atoms with Crippen molar-refractivity contribution in [2.75, 3.05) is 14.2 Å². The van der Waals surface area contributed by atoms with Crippen LogP contribution in [0.1, 0.15) is 21.7 Å². The van der Waals surface area contributed by atoms with Crippen molar-refractivity contribution < 1.29 is 19.4 Å². The molecule has 7 nitrogen and oxygen atoms in total. The minimum atomic E-state index is -1.06. The predicted octanol–water partition coefficient (Wildman–Crippen LogP) is 2.23. The molecule has 0 radical (unpaired) electrons. The lowest BCUT2D eigenvalue weighted by atomic mass is 10.1. The van der Waals surface area contributed by atoms with Gasteiger partial charge in [0.05, 0.1) is 30.7 Å². The number of ether oxygens (including phenoxy) is 2. The van der Waals surface area contributed by atoms with Crippen LogP contribution in [0.3, 0.4) is 0 Å². The molecular weight excluding hydrogens is 324 g/mol. The number of hydrogen-bond donors (Lipinski definition) is 2. The molecule has 25 heavy (non-hydrogen) atoms. The van der Waals surface area contributed by atoms with Crippen molar-refractivity contribution in [3.05, 3.63) is 63.7 Å². The van der Waals surface area contributed by atoms with Crippen LogP contribution in [0.2, 0.25) is 0 Å². The number of benzene rings is 2. The third-order valence-corrected chi connectivity index (χ3v) is 3.82. The lowest BCUT2D eigenvalue weighted by Crippen LogP contribution is -2.13. The van der Waals surface area contributed by atoms with E-state index in [-0.39, 0.29) is 11.1 Å². The molecule has 0 aliphatic heterocycles. The predicted molar refractivity (Wildman–Crippen MR) is 91.7 cm³/mol. The van der Waals surface area contributed by atoms with E-state index in [2.05, 4.69) is 9.97 Å². The van der Waals surface area contributed by atoms with Crippen LogP contribution in [-0.4, -0.2) is 35.3 Å². The highest BCUT2D eigenvalue weighted by molar-refractivity contribution is 5.92. The first kappa shape index (κ1) is 16.5. The van der Waals surface area contributed by atoms with Gasteiger partial charge in [0.2, 0.25) is 0 Å². The maximum absolute atomic E-state index is 12.2. The smallest absolute Gasteiger partial charge is 0.335 e. The number of aromatic amines is 1. The van der Waals surface area contributed by atoms with Gasteiger partial charge in [-0.05, 0) is 35.9 Å². The molecule has 1 aromatic heterocycles. The molecule has 0 saturated carbocycles. The maximum atomic E-state index is 12.2. The fourth-order valence-corrected chi connectivity index (χ4v) is 2.59. The molecule has 2 N–H and O–H groups in total. The van der Waals surface area contributed by atoms with Crippen LogP contribution in [-0.2, 0) is 6.42 Å². The van der Waals surface area contributed by atoms with E-state index in [9.17, 15) is 9.59 Å². The molecule has 0 saturated heterocycles. The number of fused-ring (bicyclic) bond motifs is 1. The van der Waals surface area contributed by atoms with Gasteiger partial charge in [-0.3, -0.25) is 4.79 Å². The first-order chi connectivity index (χ1) is 12.0. The number of aromatic carboxylic acids is 1. The summed E-state index contributed by atoms with van der Waals surface area (Å²) in [6.45, 7) is 0. The van der Waals surface area contributed by atoms with Crippen LogP contribution in [0.15, 0.2) is 41.2 Å². The van der Waals surface area contributed by atoms with E-state index in [0.717, 1.165) is 5.56 Å². The molecule has 128 valence electrons. The Kier molecular flexibility index (Phi) is 4.38. The fourth-order valence-electron chi connectivity index (χ4n) is 2.59. The van der Waals surface area contributed by atoms with E-state index in [4.69, 9.17) is 14.6 Å². The zero-order valence-corrected chi connectivity index (χ0v) is 13.7. The number of hydrogen-bond acceptors (Lipinski definition) is 5. The molecule has 1 heterocycles. The lowest BCUT2D eigenvalue weighted by molar-refractivity contribution is 0.0697. The van der Waals surface area contributed by atoms with E-state index >= 15 is 0 Å². The second-order valence-corrected chi connectivity index (χ2v) is 5.42. The Morgan fingerprint density at radius 2 is 1.88 bits per heavy atom. The minimum Gasteiger partial charge on any atom is -0.493 e. The average Bonchev–Trinajstić information content (AvgIpc) is 2.61. The van der Waals surface area contributed by atoms with Crippen molar-refractivity contribution in [3.8, 4) is 11.5 Å². The van der Waals surface area contributed by atoms with Crippen molar-refractivity contribution in [2.45, 2.75) is 6.42 Å². The first-order valence-corrected chi connectivity index (χ1v) is 7.49. The number of carboxylic acid groups (broad SMARTS) is 1. The van der Waals surface area contributed by atoms with Gasteiger partial charge in [0.15, 0.2) is 11.5 Å². The van der Waals surface area contributed by atoms with E-state index in [1.165, 1.54) is 18.2 Å². The monoisotopic (exact) mass is 340 g/mol. The maximum Gasteiger partial charge on any atom is 0.335 e.